The number of benzene rings is 4. The molecule has 0 bridgehead atoms. The molecule has 0 N–H and O–H groups in total. The normalized spacial score (nSPS) is 10.2. The Balaban J connectivity index is 1.50. The first-order chi connectivity index (χ1) is 17.2. The van der Waals surface area contributed by atoms with Crippen LogP contribution in [0.3, 0.4) is 0 Å². The molecule has 4 rings (SSSR count). The standard InChI is InChI=1S/C34H29F/c1-3-5-7-26-9-13-28(14-10-26)17-18-30-20-24-33-32(25-30)23-22-31(34(33)35)21-19-29-15-11-27(12-16-29)8-6-4-2/h4,9-16,20,22-25H,2-3,5-8H2,1H3. The molecule has 0 atom stereocenters. The Bertz CT molecular complexity index is 1430. The van der Waals surface area contributed by atoms with E-state index in [-0.39, 0.29) is 5.82 Å². The van der Waals surface area contributed by atoms with Gasteiger partial charge in [0.25, 0.3) is 0 Å². The first-order valence-electron chi connectivity index (χ1n) is 12.2. The molecule has 0 aliphatic rings. The average Bonchev–Trinajstić information content (AvgIpc) is 2.90. The summed E-state index contributed by atoms with van der Waals surface area (Å²) in [5.41, 5.74) is 5.71. The Hall–Kier alpha value is -4.07. The third kappa shape index (κ3) is 6.50. The molecule has 0 aliphatic heterocycles. The van der Waals surface area contributed by atoms with Crippen LogP contribution in [0.4, 0.5) is 4.39 Å². The van der Waals surface area contributed by atoms with Gasteiger partial charge in [0, 0.05) is 22.1 Å². The van der Waals surface area contributed by atoms with Gasteiger partial charge in [0.1, 0.15) is 5.82 Å². The van der Waals surface area contributed by atoms with Crippen molar-refractivity contribution in [3.8, 4) is 23.7 Å². The van der Waals surface area contributed by atoms with Crippen molar-refractivity contribution in [1.82, 2.24) is 0 Å². The Morgan fingerprint density at radius 1 is 0.714 bits per heavy atom. The predicted molar refractivity (Wildman–Crippen MR) is 146 cm³/mol. The molecule has 0 nitrogen and oxygen atoms in total. The number of fused-ring (bicyclic) bond motifs is 1. The summed E-state index contributed by atoms with van der Waals surface area (Å²) in [6, 6.07) is 25.8. The first-order valence-corrected chi connectivity index (χ1v) is 12.2. The lowest BCUT2D eigenvalue weighted by Gasteiger charge is -2.03. The van der Waals surface area contributed by atoms with Crippen molar-refractivity contribution >= 4 is 10.8 Å². The minimum Gasteiger partial charge on any atom is -0.205 e. The number of halogens is 1. The summed E-state index contributed by atoms with van der Waals surface area (Å²) in [6.07, 6.45) is 7.34. The Kier molecular flexibility index (Phi) is 8.17. The van der Waals surface area contributed by atoms with E-state index in [4.69, 9.17) is 0 Å². The van der Waals surface area contributed by atoms with E-state index in [1.807, 2.05) is 36.4 Å². The highest BCUT2D eigenvalue weighted by atomic mass is 19.1. The molecule has 0 radical (unpaired) electrons. The van der Waals surface area contributed by atoms with Crippen LogP contribution < -0.4 is 0 Å². The highest BCUT2D eigenvalue weighted by Crippen LogP contribution is 2.22. The maximum atomic E-state index is 15.1. The van der Waals surface area contributed by atoms with Crippen LogP contribution >= 0.6 is 0 Å². The van der Waals surface area contributed by atoms with Gasteiger partial charge in [0.2, 0.25) is 0 Å². The van der Waals surface area contributed by atoms with Crippen LogP contribution in [0.1, 0.15) is 59.6 Å². The molecule has 0 unspecified atom stereocenters. The third-order valence-corrected chi connectivity index (χ3v) is 6.01. The van der Waals surface area contributed by atoms with E-state index < -0.39 is 0 Å². The van der Waals surface area contributed by atoms with E-state index in [0.717, 1.165) is 41.3 Å². The molecule has 0 aliphatic carbocycles. The van der Waals surface area contributed by atoms with Crippen LogP contribution in [0.2, 0.25) is 0 Å². The van der Waals surface area contributed by atoms with Gasteiger partial charge in [-0.3, -0.25) is 0 Å². The maximum absolute atomic E-state index is 15.1. The summed E-state index contributed by atoms with van der Waals surface area (Å²) >= 11 is 0. The first kappa shape index (κ1) is 24.1. The molecular weight excluding hydrogens is 427 g/mol. The van der Waals surface area contributed by atoms with Crippen molar-refractivity contribution < 1.29 is 4.39 Å². The number of unbranched alkanes of at least 4 members (excludes halogenated alkanes) is 1. The molecule has 0 aromatic heterocycles. The maximum Gasteiger partial charge on any atom is 0.146 e. The molecule has 0 spiro atoms. The van der Waals surface area contributed by atoms with E-state index >= 15 is 4.39 Å². The van der Waals surface area contributed by atoms with E-state index in [2.05, 4.69) is 73.6 Å². The molecule has 0 saturated carbocycles. The molecule has 4 aromatic carbocycles. The van der Waals surface area contributed by atoms with Gasteiger partial charge in [-0.1, -0.05) is 79.5 Å². The van der Waals surface area contributed by atoms with Gasteiger partial charge < -0.3 is 0 Å². The van der Waals surface area contributed by atoms with Crippen LogP contribution in [0.5, 0.6) is 0 Å². The summed E-state index contributed by atoms with van der Waals surface area (Å²) in [6.45, 7) is 5.96. The van der Waals surface area contributed by atoms with Crippen molar-refractivity contribution in [3.63, 3.8) is 0 Å². The molecule has 4 aromatic rings. The fourth-order valence-electron chi connectivity index (χ4n) is 3.91. The van der Waals surface area contributed by atoms with Gasteiger partial charge in [0.15, 0.2) is 0 Å². The fourth-order valence-corrected chi connectivity index (χ4v) is 3.91. The minimum absolute atomic E-state index is 0.292. The number of hydrogen-bond donors (Lipinski definition) is 0. The Labute approximate surface area is 208 Å². The van der Waals surface area contributed by atoms with E-state index in [0.29, 0.717) is 10.9 Å². The predicted octanol–water partition coefficient (Wildman–Crippen LogP) is 8.24. The quantitative estimate of drug-likeness (QED) is 0.202. The zero-order valence-corrected chi connectivity index (χ0v) is 20.2. The third-order valence-electron chi connectivity index (χ3n) is 6.01. The molecular formula is C34H29F. The highest BCUT2D eigenvalue weighted by Gasteiger charge is 2.06. The van der Waals surface area contributed by atoms with Gasteiger partial charge in [-0.2, -0.15) is 0 Å². The molecule has 0 saturated heterocycles. The SMILES string of the molecule is C=CCCc1ccc(C#Cc2ccc3cc(C#Cc4ccc(CCCC)cc4)ccc3c2F)cc1. The summed E-state index contributed by atoms with van der Waals surface area (Å²) < 4.78 is 15.1. The van der Waals surface area contributed by atoms with Crippen molar-refractivity contribution in [2.75, 3.05) is 0 Å². The second-order valence-corrected chi connectivity index (χ2v) is 8.69. The lowest BCUT2D eigenvalue weighted by molar-refractivity contribution is 0.636. The Morgan fingerprint density at radius 2 is 1.31 bits per heavy atom. The second-order valence-electron chi connectivity index (χ2n) is 8.69. The Morgan fingerprint density at radius 3 is 1.97 bits per heavy atom. The van der Waals surface area contributed by atoms with Gasteiger partial charge in [-0.15, -0.1) is 6.58 Å². The number of aryl methyl sites for hydroxylation is 2. The molecule has 0 amide bonds. The van der Waals surface area contributed by atoms with Gasteiger partial charge >= 0.3 is 0 Å². The van der Waals surface area contributed by atoms with Crippen molar-refractivity contribution in [1.29, 1.82) is 0 Å². The molecule has 0 heterocycles. The molecule has 172 valence electrons. The monoisotopic (exact) mass is 456 g/mol. The summed E-state index contributed by atoms with van der Waals surface area (Å²) in [7, 11) is 0. The van der Waals surface area contributed by atoms with Crippen molar-refractivity contribution in [2.24, 2.45) is 0 Å². The summed E-state index contributed by atoms with van der Waals surface area (Å²) in [5, 5.41) is 1.38. The average molecular weight is 457 g/mol. The summed E-state index contributed by atoms with van der Waals surface area (Å²) in [5.74, 6) is 12.2. The van der Waals surface area contributed by atoms with Crippen molar-refractivity contribution in [2.45, 2.75) is 39.0 Å². The largest absolute Gasteiger partial charge is 0.205 e. The van der Waals surface area contributed by atoms with Crippen LogP contribution in [-0.4, -0.2) is 0 Å². The van der Waals surface area contributed by atoms with E-state index in [9.17, 15) is 0 Å². The minimum atomic E-state index is -0.292. The number of allylic oxidation sites excluding steroid dienone is 1. The van der Waals surface area contributed by atoms with Crippen LogP contribution in [0, 0.1) is 29.5 Å². The number of rotatable bonds is 6. The van der Waals surface area contributed by atoms with Gasteiger partial charge in [-0.25, -0.2) is 4.39 Å². The topological polar surface area (TPSA) is 0 Å². The van der Waals surface area contributed by atoms with Crippen molar-refractivity contribution in [3.05, 3.63) is 131 Å². The van der Waals surface area contributed by atoms with Gasteiger partial charge in [-0.05, 0) is 84.7 Å². The molecule has 0 fully saturated rings. The zero-order valence-electron chi connectivity index (χ0n) is 20.2. The fraction of sp³-hybridized carbons (Fsp3) is 0.176. The molecule has 1 heteroatoms. The van der Waals surface area contributed by atoms with Crippen LogP contribution in [0.15, 0.2) is 91.5 Å². The van der Waals surface area contributed by atoms with E-state index in [1.54, 1.807) is 12.1 Å². The lowest BCUT2D eigenvalue weighted by atomic mass is 10.0. The van der Waals surface area contributed by atoms with Crippen LogP contribution in [-0.2, 0) is 12.8 Å². The number of hydrogen-bond acceptors (Lipinski definition) is 0. The van der Waals surface area contributed by atoms with E-state index in [1.165, 1.54) is 24.0 Å². The zero-order chi connectivity index (χ0) is 24.5. The van der Waals surface area contributed by atoms with Gasteiger partial charge in [0.05, 0.1) is 5.56 Å². The lowest BCUT2D eigenvalue weighted by Crippen LogP contribution is -1.88. The van der Waals surface area contributed by atoms with Crippen LogP contribution in [0.25, 0.3) is 10.8 Å². The summed E-state index contributed by atoms with van der Waals surface area (Å²) in [4.78, 5) is 0. The second kappa shape index (κ2) is 11.9. The molecule has 35 heavy (non-hydrogen) atoms. The smallest absolute Gasteiger partial charge is 0.146 e. The highest BCUT2D eigenvalue weighted by molar-refractivity contribution is 5.86.